The van der Waals surface area contributed by atoms with Crippen LogP contribution < -0.4 is 5.32 Å². The van der Waals surface area contributed by atoms with E-state index in [1.165, 1.54) is 0 Å². The fraction of sp³-hybridized carbons (Fsp3) is 0.167. The first-order chi connectivity index (χ1) is 12.2. The molecular weight excluding hydrogens is 336 g/mol. The molecule has 1 N–H and O–H groups in total. The minimum Gasteiger partial charge on any atom is -0.421 e. The standard InChI is InChI=1S/C18H16N4O2S/c1-12-20-21-18(24-12)14-5-4-13-6-7-22(16(13)9-14)11-17(23)19-10-15-3-2-8-25-15/h2-9H,10-11H2,1H3,(H,19,23). The molecule has 7 heteroatoms. The summed E-state index contributed by atoms with van der Waals surface area (Å²) in [5.74, 6) is 0.984. The number of hydrogen-bond acceptors (Lipinski definition) is 5. The number of fused-ring (bicyclic) bond motifs is 1. The summed E-state index contributed by atoms with van der Waals surface area (Å²) in [5.41, 5.74) is 1.80. The summed E-state index contributed by atoms with van der Waals surface area (Å²) in [6.07, 6.45) is 1.91. The van der Waals surface area contributed by atoms with E-state index >= 15 is 0 Å². The first-order valence-corrected chi connectivity index (χ1v) is 8.75. The predicted octanol–water partition coefficient (Wildman–Crippen LogP) is 3.38. The van der Waals surface area contributed by atoms with E-state index in [4.69, 9.17) is 4.42 Å². The molecule has 0 atom stereocenters. The summed E-state index contributed by atoms with van der Waals surface area (Å²) in [6.45, 7) is 2.58. The number of hydrogen-bond donors (Lipinski definition) is 1. The van der Waals surface area contributed by atoms with Crippen LogP contribution in [-0.4, -0.2) is 20.7 Å². The van der Waals surface area contributed by atoms with Gasteiger partial charge in [0.15, 0.2) is 0 Å². The molecule has 0 radical (unpaired) electrons. The van der Waals surface area contributed by atoms with Gasteiger partial charge in [0.25, 0.3) is 0 Å². The van der Waals surface area contributed by atoms with Gasteiger partial charge in [-0.3, -0.25) is 4.79 Å². The van der Waals surface area contributed by atoms with E-state index in [2.05, 4.69) is 15.5 Å². The van der Waals surface area contributed by atoms with Crippen LogP contribution in [-0.2, 0) is 17.9 Å². The van der Waals surface area contributed by atoms with Crippen molar-refractivity contribution in [1.29, 1.82) is 0 Å². The highest BCUT2D eigenvalue weighted by Crippen LogP contribution is 2.24. The van der Waals surface area contributed by atoms with Crippen LogP contribution in [0.1, 0.15) is 10.8 Å². The van der Waals surface area contributed by atoms with Crippen molar-refractivity contribution in [1.82, 2.24) is 20.1 Å². The summed E-state index contributed by atoms with van der Waals surface area (Å²) in [6, 6.07) is 11.9. The quantitative estimate of drug-likeness (QED) is 0.598. The molecule has 1 amide bonds. The Morgan fingerprint density at radius 1 is 1.28 bits per heavy atom. The number of aromatic nitrogens is 3. The number of nitrogens with zero attached hydrogens (tertiary/aromatic N) is 3. The van der Waals surface area contributed by atoms with Crippen molar-refractivity contribution in [2.45, 2.75) is 20.0 Å². The minimum absolute atomic E-state index is 0.0232. The highest BCUT2D eigenvalue weighted by Gasteiger charge is 2.11. The molecule has 0 unspecified atom stereocenters. The van der Waals surface area contributed by atoms with Crippen molar-refractivity contribution in [2.24, 2.45) is 0 Å². The SMILES string of the molecule is Cc1nnc(-c2ccc3ccn(CC(=O)NCc4cccs4)c3c2)o1. The van der Waals surface area contributed by atoms with Gasteiger partial charge in [-0.05, 0) is 35.0 Å². The van der Waals surface area contributed by atoms with Crippen molar-refractivity contribution in [3.63, 3.8) is 0 Å². The zero-order chi connectivity index (χ0) is 17.2. The number of rotatable bonds is 5. The molecular formula is C18H16N4O2S. The Kier molecular flexibility index (Phi) is 4.07. The van der Waals surface area contributed by atoms with Gasteiger partial charge in [-0.15, -0.1) is 21.5 Å². The van der Waals surface area contributed by atoms with E-state index in [1.807, 2.05) is 52.5 Å². The van der Waals surface area contributed by atoms with Crippen LogP contribution in [0, 0.1) is 6.92 Å². The van der Waals surface area contributed by atoms with Gasteiger partial charge >= 0.3 is 0 Å². The van der Waals surface area contributed by atoms with E-state index in [9.17, 15) is 4.79 Å². The number of carbonyl (C=O) groups excluding carboxylic acids is 1. The van der Waals surface area contributed by atoms with E-state index in [-0.39, 0.29) is 12.5 Å². The summed E-state index contributed by atoms with van der Waals surface area (Å²) < 4.78 is 7.41. The Morgan fingerprint density at radius 2 is 2.20 bits per heavy atom. The molecule has 0 aliphatic heterocycles. The lowest BCUT2D eigenvalue weighted by atomic mass is 10.1. The number of benzene rings is 1. The van der Waals surface area contributed by atoms with Gasteiger partial charge < -0.3 is 14.3 Å². The normalized spacial score (nSPS) is 11.1. The second-order valence-corrected chi connectivity index (χ2v) is 6.73. The average molecular weight is 352 g/mol. The summed E-state index contributed by atoms with van der Waals surface area (Å²) in [5, 5.41) is 13.9. The molecule has 3 heterocycles. The highest BCUT2D eigenvalue weighted by atomic mass is 32.1. The molecule has 0 fully saturated rings. The fourth-order valence-corrected chi connectivity index (χ4v) is 3.32. The monoisotopic (exact) mass is 352 g/mol. The molecule has 0 aliphatic rings. The van der Waals surface area contributed by atoms with Gasteiger partial charge in [0.1, 0.15) is 6.54 Å². The number of carbonyl (C=O) groups is 1. The molecule has 0 saturated heterocycles. The van der Waals surface area contributed by atoms with Crippen molar-refractivity contribution in [3.8, 4) is 11.5 Å². The van der Waals surface area contributed by atoms with Gasteiger partial charge in [0, 0.05) is 29.1 Å². The second kappa shape index (κ2) is 6.52. The molecule has 1 aromatic carbocycles. The van der Waals surface area contributed by atoms with Crippen LogP contribution in [0.4, 0.5) is 0 Å². The fourth-order valence-electron chi connectivity index (χ4n) is 2.68. The Labute approximate surface area is 148 Å². The van der Waals surface area contributed by atoms with Gasteiger partial charge in [-0.1, -0.05) is 12.1 Å². The zero-order valence-electron chi connectivity index (χ0n) is 13.6. The third-order valence-electron chi connectivity index (χ3n) is 3.90. The largest absolute Gasteiger partial charge is 0.421 e. The highest BCUT2D eigenvalue weighted by molar-refractivity contribution is 7.09. The van der Waals surface area contributed by atoms with Crippen LogP contribution in [0.3, 0.4) is 0 Å². The van der Waals surface area contributed by atoms with E-state index < -0.39 is 0 Å². The molecule has 126 valence electrons. The molecule has 25 heavy (non-hydrogen) atoms. The molecule has 6 nitrogen and oxygen atoms in total. The Balaban J connectivity index is 1.54. The summed E-state index contributed by atoms with van der Waals surface area (Å²) in [7, 11) is 0. The van der Waals surface area contributed by atoms with E-state index in [0.29, 0.717) is 18.3 Å². The van der Waals surface area contributed by atoms with Crippen LogP contribution in [0.2, 0.25) is 0 Å². The Bertz CT molecular complexity index is 1020. The minimum atomic E-state index is -0.0232. The van der Waals surface area contributed by atoms with E-state index in [1.54, 1.807) is 18.3 Å². The van der Waals surface area contributed by atoms with Crippen molar-refractivity contribution < 1.29 is 9.21 Å². The maximum Gasteiger partial charge on any atom is 0.247 e. The number of thiophene rings is 1. The van der Waals surface area contributed by atoms with Gasteiger partial charge in [-0.2, -0.15) is 0 Å². The molecule has 0 aliphatic carbocycles. The lowest BCUT2D eigenvalue weighted by Crippen LogP contribution is -2.26. The first-order valence-electron chi connectivity index (χ1n) is 7.87. The summed E-state index contributed by atoms with van der Waals surface area (Å²) >= 11 is 1.63. The van der Waals surface area contributed by atoms with Gasteiger partial charge in [-0.25, -0.2) is 0 Å². The Hall–Kier alpha value is -2.93. The number of nitrogens with one attached hydrogen (secondary N) is 1. The second-order valence-electron chi connectivity index (χ2n) is 5.70. The molecule has 0 spiro atoms. The van der Waals surface area contributed by atoms with Crippen molar-refractivity contribution in [2.75, 3.05) is 0 Å². The van der Waals surface area contributed by atoms with Crippen molar-refractivity contribution in [3.05, 3.63) is 58.7 Å². The zero-order valence-corrected chi connectivity index (χ0v) is 14.4. The first kappa shape index (κ1) is 15.6. The smallest absolute Gasteiger partial charge is 0.247 e. The molecule has 0 bridgehead atoms. The van der Waals surface area contributed by atoms with Crippen LogP contribution >= 0.6 is 11.3 Å². The maximum atomic E-state index is 12.2. The maximum absolute atomic E-state index is 12.2. The lowest BCUT2D eigenvalue weighted by molar-refractivity contribution is -0.121. The molecule has 4 rings (SSSR count). The Morgan fingerprint density at radius 3 is 2.96 bits per heavy atom. The molecule has 0 saturated carbocycles. The van der Waals surface area contributed by atoms with Crippen LogP contribution in [0.25, 0.3) is 22.4 Å². The van der Waals surface area contributed by atoms with Gasteiger partial charge in [0.05, 0.1) is 6.54 Å². The van der Waals surface area contributed by atoms with E-state index in [0.717, 1.165) is 21.3 Å². The lowest BCUT2D eigenvalue weighted by Gasteiger charge is -2.07. The molecule has 4 aromatic rings. The van der Waals surface area contributed by atoms with Crippen molar-refractivity contribution >= 4 is 28.1 Å². The third-order valence-corrected chi connectivity index (χ3v) is 4.78. The van der Waals surface area contributed by atoms with Gasteiger partial charge in [0.2, 0.25) is 17.7 Å². The topological polar surface area (TPSA) is 73.0 Å². The number of aryl methyl sites for hydroxylation is 1. The van der Waals surface area contributed by atoms with Crippen LogP contribution in [0.15, 0.2) is 52.4 Å². The molecule has 3 aromatic heterocycles. The third kappa shape index (κ3) is 3.32. The predicted molar refractivity (Wildman–Crippen MR) is 96.1 cm³/mol. The average Bonchev–Trinajstić information content (AvgIpc) is 3.34. The number of amides is 1. The van der Waals surface area contributed by atoms with Crippen LogP contribution in [0.5, 0.6) is 0 Å². The summed E-state index contributed by atoms with van der Waals surface area (Å²) in [4.78, 5) is 13.4.